The van der Waals surface area contributed by atoms with Gasteiger partial charge < -0.3 is 0 Å². The standard InChI is InChI=1S/C3H8N2OSe2.Ag/c1-7-5(8-2)3(4)6;/h1-2H3,(H2,4,6);. The van der Waals surface area contributed by atoms with Crippen molar-refractivity contribution >= 4 is 36.4 Å². The Morgan fingerprint density at radius 2 is 1.78 bits per heavy atom. The Morgan fingerprint density at radius 1 is 1.44 bits per heavy atom. The predicted octanol–water partition coefficient (Wildman–Crippen LogP) is -0.301. The van der Waals surface area contributed by atoms with Crippen molar-refractivity contribution in [3.05, 3.63) is 0 Å². The minimum atomic E-state index is -0.282. The molecule has 0 aliphatic heterocycles. The van der Waals surface area contributed by atoms with Crippen molar-refractivity contribution in [3.63, 3.8) is 0 Å². The second kappa shape index (κ2) is 7.16. The van der Waals surface area contributed by atoms with Crippen LogP contribution in [0, 0.1) is 0 Å². The third kappa shape index (κ3) is 5.49. The summed E-state index contributed by atoms with van der Waals surface area (Å²) in [7, 11) is 0. The number of primary amides is 1. The number of hydrogen-bond acceptors (Lipinski definition) is 1. The number of urea groups is 1. The zero-order valence-electron chi connectivity index (χ0n) is 5.05. The summed E-state index contributed by atoms with van der Waals surface area (Å²) in [4.78, 5) is 10.3. The quantitative estimate of drug-likeness (QED) is 0.681. The Balaban J connectivity index is 0. The molecule has 0 spiro atoms. The van der Waals surface area contributed by atoms with Crippen molar-refractivity contribution in [2.45, 2.75) is 11.6 Å². The van der Waals surface area contributed by atoms with Gasteiger partial charge in [-0.1, -0.05) is 0 Å². The molecule has 9 heavy (non-hydrogen) atoms. The predicted molar refractivity (Wildman–Crippen MR) is 34.7 cm³/mol. The number of rotatable bonds is 2. The topological polar surface area (TPSA) is 46.3 Å². The summed E-state index contributed by atoms with van der Waals surface area (Å²) in [6.07, 6.45) is 0. The first kappa shape index (κ1) is 12.7. The molecule has 2 N–H and O–H groups in total. The third-order valence-corrected chi connectivity index (χ3v) is 5.91. The molecule has 0 unspecified atom stereocenters. The summed E-state index contributed by atoms with van der Waals surface area (Å²) < 4.78 is 1.68. The molecule has 6 heteroatoms. The van der Waals surface area contributed by atoms with E-state index >= 15 is 0 Å². The van der Waals surface area contributed by atoms with E-state index in [1.54, 1.807) is 2.93 Å². The van der Waals surface area contributed by atoms with E-state index in [0.29, 0.717) is 0 Å². The number of amides is 2. The van der Waals surface area contributed by atoms with Gasteiger partial charge in [-0.15, -0.1) is 0 Å². The van der Waals surface area contributed by atoms with Gasteiger partial charge in [0.2, 0.25) is 0 Å². The van der Waals surface area contributed by atoms with E-state index in [1.807, 2.05) is 11.6 Å². The minimum absolute atomic E-state index is 0. The van der Waals surface area contributed by atoms with E-state index in [9.17, 15) is 4.79 Å². The fourth-order valence-electron chi connectivity index (χ4n) is 0.254. The fourth-order valence-corrected chi connectivity index (χ4v) is 2.95. The first-order valence-electron chi connectivity index (χ1n) is 1.90. The molecule has 0 aliphatic carbocycles. The molecule has 0 rings (SSSR count). The summed E-state index contributed by atoms with van der Waals surface area (Å²) in [5, 5.41) is 0. The average Bonchev–Trinajstić information content (AvgIpc) is 1.69. The van der Waals surface area contributed by atoms with Crippen LogP contribution in [0.4, 0.5) is 4.79 Å². The van der Waals surface area contributed by atoms with Crippen LogP contribution in [0.5, 0.6) is 0 Å². The first-order chi connectivity index (χ1) is 3.72. The summed E-state index contributed by atoms with van der Waals surface area (Å²) >= 11 is 0.501. The van der Waals surface area contributed by atoms with E-state index in [4.69, 9.17) is 5.73 Å². The summed E-state index contributed by atoms with van der Waals surface area (Å²) in [5.41, 5.74) is 4.98. The molecule has 59 valence electrons. The van der Waals surface area contributed by atoms with Crippen molar-refractivity contribution in [1.82, 2.24) is 2.93 Å². The Hall–Kier alpha value is 1.05. The minimum Gasteiger partial charge on any atom is 0 e. The van der Waals surface area contributed by atoms with Crippen LogP contribution < -0.4 is 5.73 Å². The van der Waals surface area contributed by atoms with Crippen molar-refractivity contribution < 1.29 is 27.2 Å². The molecule has 0 aromatic heterocycles. The number of nitrogens with two attached hydrogens (primary N) is 1. The molecule has 3 nitrogen and oxygen atoms in total. The second-order valence-corrected chi connectivity index (χ2v) is 5.20. The van der Waals surface area contributed by atoms with Gasteiger partial charge in [-0.3, -0.25) is 0 Å². The number of hydrogen-bond donors (Lipinski definition) is 1. The van der Waals surface area contributed by atoms with Crippen LogP contribution in [0.15, 0.2) is 0 Å². The molecule has 0 heterocycles. The van der Waals surface area contributed by atoms with Crippen LogP contribution in [-0.4, -0.2) is 39.3 Å². The van der Waals surface area contributed by atoms with Crippen LogP contribution in [0.1, 0.15) is 0 Å². The molecular weight excluding hydrogens is 346 g/mol. The van der Waals surface area contributed by atoms with Gasteiger partial charge in [-0.05, 0) is 0 Å². The first-order valence-corrected chi connectivity index (χ1v) is 6.86. The van der Waals surface area contributed by atoms with Crippen molar-refractivity contribution in [1.29, 1.82) is 0 Å². The average molecular weight is 354 g/mol. The second-order valence-electron chi connectivity index (χ2n) is 0.960. The molecule has 1 radical (unpaired) electrons. The maximum absolute atomic E-state index is 10.3. The van der Waals surface area contributed by atoms with Crippen LogP contribution >= 0.6 is 0 Å². The molecule has 0 aliphatic rings. The number of carbonyl (C=O) groups is 1. The van der Waals surface area contributed by atoms with E-state index in [1.165, 1.54) is 0 Å². The van der Waals surface area contributed by atoms with Gasteiger partial charge in [0, 0.05) is 22.4 Å². The molecule has 0 aromatic rings. The van der Waals surface area contributed by atoms with Gasteiger partial charge in [-0.2, -0.15) is 0 Å². The normalized spacial score (nSPS) is 7.78. The third-order valence-electron chi connectivity index (χ3n) is 0.512. The zero-order valence-corrected chi connectivity index (χ0v) is 9.96. The van der Waals surface area contributed by atoms with Gasteiger partial charge >= 0.3 is 61.5 Å². The molecule has 0 saturated carbocycles. The molecule has 0 bridgehead atoms. The Kier molecular flexibility index (Phi) is 10.1. The summed E-state index contributed by atoms with van der Waals surface area (Å²) in [6, 6.07) is -0.282. The zero-order chi connectivity index (χ0) is 6.57. The Bertz CT molecular complexity index is 87.9. The van der Waals surface area contributed by atoms with Crippen molar-refractivity contribution in [2.24, 2.45) is 5.73 Å². The molecule has 0 fully saturated rings. The summed E-state index contributed by atoms with van der Waals surface area (Å²) in [5.74, 6) is 3.95. The van der Waals surface area contributed by atoms with Crippen LogP contribution in [0.3, 0.4) is 0 Å². The smallest absolute Gasteiger partial charge is 0 e. The van der Waals surface area contributed by atoms with E-state index in [0.717, 1.165) is 0 Å². The van der Waals surface area contributed by atoms with Crippen LogP contribution in [0.2, 0.25) is 11.6 Å². The van der Waals surface area contributed by atoms with E-state index < -0.39 is 0 Å². The van der Waals surface area contributed by atoms with E-state index in [2.05, 4.69) is 0 Å². The van der Waals surface area contributed by atoms with Gasteiger partial charge in [0.25, 0.3) is 0 Å². The van der Waals surface area contributed by atoms with Gasteiger partial charge in [0.05, 0.1) is 0 Å². The Labute approximate surface area is 83.3 Å². The van der Waals surface area contributed by atoms with Gasteiger partial charge in [0.1, 0.15) is 0 Å². The van der Waals surface area contributed by atoms with Crippen LogP contribution in [-0.2, 0) is 22.4 Å². The maximum atomic E-state index is 10.3. The van der Waals surface area contributed by atoms with Gasteiger partial charge in [-0.25, -0.2) is 0 Å². The Morgan fingerprint density at radius 3 is 1.78 bits per heavy atom. The molecular formula is C3H8AgN2OSe2. The molecule has 0 saturated heterocycles. The largest absolute Gasteiger partial charge is 0 e. The van der Waals surface area contributed by atoms with Gasteiger partial charge in [0.15, 0.2) is 0 Å². The SMILES string of the molecule is C[Se]N([Se]C)C(N)=O.[Ag]. The van der Waals surface area contributed by atoms with Crippen molar-refractivity contribution in [3.8, 4) is 0 Å². The number of carbonyl (C=O) groups excluding carboxylic acids is 1. The fraction of sp³-hybridized carbons (Fsp3) is 0.667. The monoisotopic (exact) mass is 355 g/mol. The molecule has 0 atom stereocenters. The molecule has 2 amide bonds. The summed E-state index contributed by atoms with van der Waals surface area (Å²) in [6.45, 7) is 0. The van der Waals surface area contributed by atoms with E-state index in [-0.39, 0.29) is 58.8 Å². The number of nitrogens with zero attached hydrogens (tertiary/aromatic N) is 1. The van der Waals surface area contributed by atoms with Crippen LogP contribution in [0.25, 0.3) is 0 Å². The molecule has 0 aromatic carbocycles. The maximum Gasteiger partial charge on any atom is 0 e. The van der Waals surface area contributed by atoms with Crippen molar-refractivity contribution in [2.75, 3.05) is 0 Å².